The van der Waals surface area contributed by atoms with Gasteiger partial charge in [-0.2, -0.15) is 0 Å². The molecule has 2 fully saturated rings. The van der Waals surface area contributed by atoms with Gasteiger partial charge in [-0.3, -0.25) is 14.7 Å². The van der Waals surface area contributed by atoms with E-state index in [0.29, 0.717) is 17.9 Å². The first-order valence-corrected chi connectivity index (χ1v) is 9.48. The Morgan fingerprint density at radius 2 is 2.04 bits per heavy atom. The minimum atomic E-state index is -0.802. The van der Waals surface area contributed by atoms with Crippen LogP contribution in [0.25, 0.3) is 0 Å². The maximum atomic E-state index is 14.0. The highest BCUT2D eigenvalue weighted by Gasteiger charge is 2.42. The Labute approximate surface area is 162 Å². The van der Waals surface area contributed by atoms with Gasteiger partial charge >= 0.3 is 0 Å². The normalized spacial score (nSPS) is 22.7. The molecular weight excluding hydrogens is 364 g/mol. The van der Waals surface area contributed by atoms with Crippen LogP contribution in [0.2, 0.25) is 0 Å². The number of rotatable bonds is 4. The van der Waals surface area contributed by atoms with Gasteiger partial charge in [-0.1, -0.05) is 12.1 Å². The van der Waals surface area contributed by atoms with Crippen molar-refractivity contribution < 1.29 is 13.6 Å². The van der Waals surface area contributed by atoms with E-state index in [4.69, 9.17) is 5.73 Å². The molecule has 3 heterocycles. The number of amides is 1. The molecule has 148 valence electrons. The van der Waals surface area contributed by atoms with Crippen molar-refractivity contribution in [2.24, 2.45) is 11.1 Å². The Kier molecular flexibility index (Phi) is 4.97. The number of aromatic nitrogens is 2. The second kappa shape index (κ2) is 7.43. The molecule has 0 unspecified atom stereocenters. The van der Waals surface area contributed by atoms with Gasteiger partial charge in [0.2, 0.25) is 0 Å². The minimum absolute atomic E-state index is 0.0759. The molecule has 0 radical (unpaired) electrons. The molecular formula is C20H23F2N5O. The molecule has 6 nitrogen and oxygen atoms in total. The fourth-order valence-corrected chi connectivity index (χ4v) is 4.45. The second-order valence-corrected chi connectivity index (χ2v) is 7.83. The Morgan fingerprint density at radius 3 is 2.86 bits per heavy atom. The van der Waals surface area contributed by atoms with Gasteiger partial charge in [0.1, 0.15) is 11.5 Å². The van der Waals surface area contributed by atoms with Gasteiger partial charge in [0.05, 0.1) is 12.4 Å². The number of benzene rings is 1. The van der Waals surface area contributed by atoms with Crippen molar-refractivity contribution in [1.29, 1.82) is 0 Å². The van der Waals surface area contributed by atoms with Gasteiger partial charge < -0.3 is 10.6 Å². The van der Waals surface area contributed by atoms with E-state index in [1.54, 1.807) is 18.3 Å². The third kappa shape index (κ3) is 3.69. The summed E-state index contributed by atoms with van der Waals surface area (Å²) in [6.45, 7) is 3.71. The molecule has 0 aliphatic carbocycles. The summed E-state index contributed by atoms with van der Waals surface area (Å²) in [5, 5.41) is 0. The molecule has 2 aromatic rings. The predicted octanol–water partition coefficient (Wildman–Crippen LogP) is 2.35. The summed E-state index contributed by atoms with van der Waals surface area (Å²) in [5.41, 5.74) is 5.94. The Morgan fingerprint density at radius 1 is 1.18 bits per heavy atom. The van der Waals surface area contributed by atoms with E-state index in [1.807, 2.05) is 0 Å². The Bertz CT molecular complexity index is 893. The van der Waals surface area contributed by atoms with Crippen LogP contribution in [0.5, 0.6) is 0 Å². The highest BCUT2D eigenvalue weighted by atomic mass is 19.2. The van der Waals surface area contributed by atoms with Gasteiger partial charge in [0.15, 0.2) is 11.6 Å². The predicted molar refractivity (Wildman–Crippen MR) is 101 cm³/mol. The number of nitrogens with zero attached hydrogens (tertiary/aromatic N) is 4. The lowest BCUT2D eigenvalue weighted by Crippen LogP contribution is -2.44. The Hall–Kier alpha value is -2.61. The number of primary amides is 1. The van der Waals surface area contributed by atoms with Crippen LogP contribution in [0.4, 0.5) is 14.6 Å². The maximum Gasteiger partial charge on any atom is 0.268 e. The molecule has 28 heavy (non-hydrogen) atoms. The zero-order valence-corrected chi connectivity index (χ0v) is 15.6. The first kappa shape index (κ1) is 18.7. The molecule has 0 bridgehead atoms. The van der Waals surface area contributed by atoms with Gasteiger partial charge in [-0.25, -0.2) is 13.8 Å². The number of halogens is 2. The molecule has 2 N–H and O–H groups in total. The van der Waals surface area contributed by atoms with Crippen molar-refractivity contribution in [1.82, 2.24) is 14.9 Å². The first-order valence-electron chi connectivity index (χ1n) is 9.48. The van der Waals surface area contributed by atoms with Crippen LogP contribution in [-0.4, -0.2) is 47.0 Å². The first-order chi connectivity index (χ1) is 13.5. The quantitative estimate of drug-likeness (QED) is 0.872. The minimum Gasteiger partial charge on any atom is -0.364 e. The second-order valence-electron chi connectivity index (χ2n) is 7.83. The molecule has 2 aliphatic heterocycles. The summed E-state index contributed by atoms with van der Waals surface area (Å²) in [6, 6.07) is 4.34. The zero-order chi connectivity index (χ0) is 19.7. The largest absolute Gasteiger partial charge is 0.364 e. The summed E-state index contributed by atoms with van der Waals surface area (Å²) in [7, 11) is 0. The lowest BCUT2D eigenvalue weighted by molar-refractivity contribution is 0.0980. The summed E-state index contributed by atoms with van der Waals surface area (Å²) < 4.78 is 27.6. The lowest BCUT2D eigenvalue weighted by Gasteiger charge is -2.40. The van der Waals surface area contributed by atoms with Crippen LogP contribution >= 0.6 is 0 Å². The van der Waals surface area contributed by atoms with Gasteiger partial charge in [-0.15, -0.1) is 0 Å². The smallest absolute Gasteiger partial charge is 0.268 e. The van der Waals surface area contributed by atoms with Crippen molar-refractivity contribution in [3.8, 4) is 0 Å². The van der Waals surface area contributed by atoms with Crippen molar-refractivity contribution >= 4 is 11.7 Å². The molecule has 0 saturated carbocycles. The molecule has 1 aromatic heterocycles. The number of nitrogens with two attached hydrogens (primary N) is 1. The number of hydrogen-bond acceptors (Lipinski definition) is 5. The number of hydrogen-bond donors (Lipinski definition) is 1. The molecule has 2 aliphatic rings. The van der Waals surface area contributed by atoms with Gasteiger partial charge in [0.25, 0.3) is 5.91 Å². The number of carbonyl (C=O) groups is 1. The van der Waals surface area contributed by atoms with Crippen LogP contribution < -0.4 is 10.6 Å². The van der Waals surface area contributed by atoms with E-state index in [9.17, 15) is 13.6 Å². The maximum absolute atomic E-state index is 14.0. The zero-order valence-electron chi connectivity index (χ0n) is 15.6. The standard InChI is InChI=1S/C20H23F2N5O/c21-15-4-1-3-14(18(15)22)11-26-7-2-5-20(12-26)6-8-27(13-20)17-10-24-9-16(25-17)19(23)28/h1,3-4,9-10H,2,5-8,11-13H2,(H2,23,28)/t20-/m1/s1. The van der Waals surface area contributed by atoms with Crippen molar-refractivity contribution in [2.75, 3.05) is 31.1 Å². The number of anilines is 1. The summed E-state index contributed by atoms with van der Waals surface area (Å²) >= 11 is 0. The van der Waals surface area contributed by atoms with Crippen LogP contribution in [0, 0.1) is 17.0 Å². The van der Waals surface area contributed by atoms with Crippen molar-refractivity contribution in [3.05, 3.63) is 53.5 Å². The molecule has 1 aromatic carbocycles. The van der Waals surface area contributed by atoms with Crippen LogP contribution in [0.3, 0.4) is 0 Å². The van der Waals surface area contributed by atoms with E-state index < -0.39 is 17.5 Å². The lowest BCUT2D eigenvalue weighted by atomic mass is 9.79. The highest BCUT2D eigenvalue weighted by molar-refractivity contribution is 5.90. The fraction of sp³-hybridized carbons (Fsp3) is 0.450. The molecule has 1 amide bonds. The van der Waals surface area contributed by atoms with Crippen LogP contribution in [0.15, 0.2) is 30.6 Å². The summed E-state index contributed by atoms with van der Waals surface area (Å²) in [6.07, 6.45) is 6.09. The van der Waals surface area contributed by atoms with Crippen molar-refractivity contribution in [3.63, 3.8) is 0 Å². The van der Waals surface area contributed by atoms with Crippen LogP contribution in [0.1, 0.15) is 35.3 Å². The topological polar surface area (TPSA) is 75.4 Å². The SMILES string of the molecule is NC(=O)c1cncc(N2CC[C@@]3(CCCN(Cc4cccc(F)c4F)C3)C2)n1. The molecule has 1 atom stereocenters. The number of carbonyl (C=O) groups excluding carboxylic acids is 1. The van der Waals surface area contributed by atoms with E-state index in [-0.39, 0.29) is 11.1 Å². The molecule has 8 heteroatoms. The third-order valence-corrected chi connectivity index (χ3v) is 5.80. The summed E-state index contributed by atoms with van der Waals surface area (Å²) in [4.78, 5) is 24.1. The fourth-order valence-electron chi connectivity index (χ4n) is 4.45. The summed E-state index contributed by atoms with van der Waals surface area (Å²) in [5.74, 6) is -1.50. The molecule has 1 spiro atoms. The van der Waals surface area contributed by atoms with Gasteiger partial charge in [-0.05, 0) is 31.9 Å². The van der Waals surface area contributed by atoms with Gasteiger partial charge in [0, 0.05) is 37.2 Å². The molecule has 2 saturated heterocycles. The average Bonchev–Trinajstić information content (AvgIpc) is 3.09. The number of piperidine rings is 1. The van der Waals surface area contributed by atoms with E-state index in [1.165, 1.54) is 6.20 Å². The van der Waals surface area contributed by atoms with E-state index >= 15 is 0 Å². The Balaban J connectivity index is 1.46. The molecule has 4 rings (SSSR count). The number of likely N-dealkylation sites (tertiary alicyclic amines) is 1. The van der Waals surface area contributed by atoms with E-state index in [2.05, 4.69) is 19.8 Å². The van der Waals surface area contributed by atoms with Crippen LogP contribution in [-0.2, 0) is 6.54 Å². The highest BCUT2D eigenvalue weighted by Crippen LogP contribution is 2.40. The van der Waals surface area contributed by atoms with E-state index in [0.717, 1.165) is 51.5 Å². The third-order valence-electron chi connectivity index (χ3n) is 5.80. The van der Waals surface area contributed by atoms with Crippen molar-refractivity contribution in [2.45, 2.75) is 25.8 Å². The monoisotopic (exact) mass is 387 g/mol. The average molecular weight is 387 g/mol.